The van der Waals surface area contributed by atoms with Crippen LogP contribution in [0.15, 0.2) is 78.9 Å². The first-order chi connectivity index (χ1) is 12.9. The smallest absolute Gasteiger partial charge is 0.193 e. The van der Waals surface area contributed by atoms with Crippen molar-refractivity contribution >= 4 is 11.6 Å². The maximum Gasteiger partial charge on any atom is 0.193 e. The topological polar surface area (TPSA) is 34.1 Å². The van der Waals surface area contributed by atoms with E-state index < -0.39 is 0 Å². The minimum atomic E-state index is -0.220. The van der Waals surface area contributed by atoms with Crippen LogP contribution in [0, 0.1) is 0 Å². The van der Waals surface area contributed by atoms with E-state index in [0.717, 1.165) is 16.7 Å². The molecular weight excluding hydrogens is 332 g/mol. The summed E-state index contributed by atoms with van der Waals surface area (Å²) in [4.78, 5) is 24.4. The molecule has 3 aromatic rings. The molecular formula is C25H24O2. The molecule has 136 valence electrons. The van der Waals surface area contributed by atoms with Crippen LogP contribution in [0.5, 0.6) is 0 Å². The summed E-state index contributed by atoms with van der Waals surface area (Å²) in [5, 5.41) is 0. The minimum Gasteiger partial charge on any atom is -0.294 e. The van der Waals surface area contributed by atoms with Crippen LogP contribution in [0.1, 0.15) is 64.6 Å². The molecule has 0 aliphatic carbocycles. The SMILES string of the molecule is CCC(=O)c1ccc(C(C)(C)c2ccc(C(=O)c3ccccc3)cc2)cc1. The van der Waals surface area contributed by atoms with Gasteiger partial charge < -0.3 is 0 Å². The van der Waals surface area contributed by atoms with Gasteiger partial charge in [0.25, 0.3) is 0 Å². The molecule has 0 aromatic heterocycles. The Kier molecular flexibility index (Phi) is 5.36. The second-order valence-corrected chi connectivity index (χ2v) is 7.25. The molecule has 3 aromatic carbocycles. The molecule has 0 atom stereocenters. The normalized spacial score (nSPS) is 11.2. The molecule has 0 heterocycles. The third-order valence-electron chi connectivity index (χ3n) is 5.15. The Bertz CT molecular complexity index is 934. The second-order valence-electron chi connectivity index (χ2n) is 7.25. The molecule has 2 nitrogen and oxygen atoms in total. The van der Waals surface area contributed by atoms with Gasteiger partial charge >= 0.3 is 0 Å². The van der Waals surface area contributed by atoms with E-state index in [-0.39, 0.29) is 17.0 Å². The molecule has 0 saturated heterocycles. The zero-order valence-electron chi connectivity index (χ0n) is 16.0. The average molecular weight is 356 g/mol. The standard InChI is InChI=1S/C25H24O2/c1-4-23(26)18-10-14-21(15-11-18)25(2,3)22-16-12-20(13-17-22)24(27)19-8-6-5-7-9-19/h5-17H,4H2,1-3H3. The maximum absolute atomic E-state index is 12.6. The van der Waals surface area contributed by atoms with Crippen molar-refractivity contribution in [3.63, 3.8) is 0 Å². The van der Waals surface area contributed by atoms with E-state index in [9.17, 15) is 9.59 Å². The molecule has 0 spiro atoms. The minimum absolute atomic E-state index is 0.0300. The predicted molar refractivity (Wildman–Crippen MR) is 110 cm³/mol. The molecule has 0 aliphatic rings. The van der Waals surface area contributed by atoms with E-state index in [1.807, 2.05) is 85.8 Å². The highest BCUT2D eigenvalue weighted by atomic mass is 16.1. The van der Waals surface area contributed by atoms with Crippen molar-refractivity contribution in [1.29, 1.82) is 0 Å². The highest BCUT2D eigenvalue weighted by Gasteiger charge is 2.23. The van der Waals surface area contributed by atoms with E-state index in [4.69, 9.17) is 0 Å². The molecule has 0 N–H and O–H groups in total. The lowest BCUT2D eigenvalue weighted by molar-refractivity contribution is 0.0987. The van der Waals surface area contributed by atoms with Crippen LogP contribution in [0.2, 0.25) is 0 Å². The first-order valence-electron chi connectivity index (χ1n) is 9.27. The van der Waals surface area contributed by atoms with Gasteiger partial charge in [0.2, 0.25) is 0 Å². The quantitative estimate of drug-likeness (QED) is 0.520. The van der Waals surface area contributed by atoms with Crippen LogP contribution < -0.4 is 0 Å². The first-order valence-corrected chi connectivity index (χ1v) is 9.27. The number of rotatable bonds is 6. The zero-order valence-corrected chi connectivity index (χ0v) is 16.0. The summed E-state index contributed by atoms with van der Waals surface area (Å²) in [7, 11) is 0. The molecule has 0 fully saturated rings. The third-order valence-corrected chi connectivity index (χ3v) is 5.15. The summed E-state index contributed by atoms with van der Waals surface area (Å²) in [6.45, 7) is 6.17. The van der Waals surface area contributed by atoms with Crippen LogP contribution in [0.3, 0.4) is 0 Å². The Morgan fingerprint density at radius 1 is 0.667 bits per heavy atom. The van der Waals surface area contributed by atoms with E-state index >= 15 is 0 Å². The van der Waals surface area contributed by atoms with Crippen molar-refractivity contribution in [2.24, 2.45) is 0 Å². The molecule has 0 amide bonds. The monoisotopic (exact) mass is 356 g/mol. The number of hydrogen-bond donors (Lipinski definition) is 0. The Hall–Kier alpha value is -3.00. The first kappa shape index (κ1) is 18.8. The van der Waals surface area contributed by atoms with E-state index in [1.165, 1.54) is 0 Å². The van der Waals surface area contributed by atoms with Crippen LogP contribution in [-0.2, 0) is 5.41 Å². The highest BCUT2D eigenvalue weighted by Crippen LogP contribution is 2.32. The van der Waals surface area contributed by atoms with Gasteiger partial charge in [0, 0.05) is 28.5 Å². The number of benzene rings is 3. The van der Waals surface area contributed by atoms with E-state index in [2.05, 4.69) is 13.8 Å². The van der Waals surface area contributed by atoms with Gasteiger partial charge in [-0.15, -0.1) is 0 Å². The lowest BCUT2D eigenvalue weighted by Crippen LogP contribution is -2.19. The van der Waals surface area contributed by atoms with Crippen molar-refractivity contribution in [1.82, 2.24) is 0 Å². The highest BCUT2D eigenvalue weighted by molar-refractivity contribution is 6.08. The van der Waals surface area contributed by atoms with Crippen LogP contribution in [-0.4, -0.2) is 11.6 Å². The number of ketones is 2. The number of Topliss-reactive ketones (excluding diaryl/α,β-unsaturated/α-hetero) is 1. The number of carbonyl (C=O) groups excluding carboxylic acids is 2. The summed E-state index contributed by atoms with van der Waals surface area (Å²) in [6, 6.07) is 25.0. The van der Waals surface area contributed by atoms with Gasteiger partial charge in [-0.05, 0) is 11.1 Å². The molecule has 0 unspecified atom stereocenters. The summed E-state index contributed by atoms with van der Waals surface area (Å²) in [6.07, 6.45) is 0.514. The van der Waals surface area contributed by atoms with Crippen LogP contribution in [0.25, 0.3) is 0 Å². The number of hydrogen-bond acceptors (Lipinski definition) is 2. The summed E-state index contributed by atoms with van der Waals surface area (Å²) >= 11 is 0. The van der Waals surface area contributed by atoms with Crippen molar-refractivity contribution in [2.75, 3.05) is 0 Å². The van der Waals surface area contributed by atoms with Crippen molar-refractivity contribution in [3.8, 4) is 0 Å². The molecule has 3 rings (SSSR count). The van der Waals surface area contributed by atoms with Gasteiger partial charge in [-0.25, -0.2) is 0 Å². The van der Waals surface area contributed by atoms with Crippen LogP contribution >= 0.6 is 0 Å². The molecule has 2 heteroatoms. The number of carbonyl (C=O) groups is 2. The van der Waals surface area contributed by atoms with Crippen LogP contribution in [0.4, 0.5) is 0 Å². The Morgan fingerprint density at radius 3 is 1.59 bits per heavy atom. The largest absolute Gasteiger partial charge is 0.294 e. The fraction of sp³-hybridized carbons (Fsp3) is 0.200. The van der Waals surface area contributed by atoms with Crippen molar-refractivity contribution in [2.45, 2.75) is 32.6 Å². The fourth-order valence-corrected chi connectivity index (χ4v) is 3.24. The average Bonchev–Trinajstić information content (AvgIpc) is 2.73. The third kappa shape index (κ3) is 3.90. The Labute approximate surface area is 160 Å². The van der Waals surface area contributed by atoms with Crippen molar-refractivity contribution < 1.29 is 9.59 Å². The van der Waals surface area contributed by atoms with Gasteiger partial charge in [-0.1, -0.05) is 99.6 Å². The Morgan fingerprint density at radius 2 is 1.11 bits per heavy atom. The summed E-state index contributed by atoms with van der Waals surface area (Å²) < 4.78 is 0. The molecule has 0 radical (unpaired) electrons. The summed E-state index contributed by atoms with van der Waals surface area (Å²) in [5.74, 6) is 0.186. The molecule has 0 bridgehead atoms. The van der Waals surface area contributed by atoms with Gasteiger partial charge in [0.1, 0.15) is 0 Å². The van der Waals surface area contributed by atoms with Gasteiger partial charge in [-0.2, -0.15) is 0 Å². The predicted octanol–water partition coefficient (Wildman–Crippen LogP) is 5.84. The molecule has 0 aliphatic heterocycles. The second kappa shape index (κ2) is 7.71. The molecule has 27 heavy (non-hydrogen) atoms. The van der Waals surface area contributed by atoms with E-state index in [1.54, 1.807) is 0 Å². The zero-order chi connectivity index (χ0) is 19.4. The van der Waals surface area contributed by atoms with Gasteiger partial charge in [0.15, 0.2) is 11.6 Å². The van der Waals surface area contributed by atoms with Gasteiger partial charge in [-0.3, -0.25) is 9.59 Å². The lowest BCUT2D eigenvalue weighted by Gasteiger charge is -2.26. The van der Waals surface area contributed by atoms with Crippen molar-refractivity contribution in [3.05, 3.63) is 107 Å². The lowest BCUT2D eigenvalue weighted by atomic mass is 9.77. The van der Waals surface area contributed by atoms with E-state index in [0.29, 0.717) is 17.5 Å². The molecule has 0 saturated carbocycles. The summed E-state index contributed by atoms with van der Waals surface area (Å²) in [5.41, 5.74) is 4.17. The van der Waals surface area contributed by atoms with Gasteiger partial charge in [0.05, 0.1) is 0 Å². The Balaban J connectivity index is 1.85. The maximum atomic E-state index is 12.6. The fourth-order valence-electron chi connectivity index (χ4n) is 3.24.